The SMILES string of the molecule is O=c1[nH]c(-c2cccc([N+](=O)[O-])c2)cs1. The first kappa shape index (κ1) is 9.60. The van der Waals surface area contributed by atoms with Gasteiger partial charge in [0.1, 0.15) is 0 Å². The van der Waals surface area contributed by atoms with Crippen LogP contribution in [0.3, 0.4) is 0 Å². The zero-order valence-corrected chi connectivity index (χ0v) is 8.28. The fourth-order valence-electron chi connectivity index (χ4n) is 1.21. The lowest BCUT2D eigenvalue weighted by Crippen LogP contribution is -1.93. The molecule has 1 heterocycles. The highest BCUT2D eigenvalue weighted by atomic mass is 32.1. The molecular weight excluding hydrogens is 216 g/mol. The van der Waals surface area contributed by atoms with E-state index in [2.05, 4.69) is 4.98 Å². The Labute approximate surface area is 88.2 Å². The average Bonchev–Trinajstić information content (AvgIpc) is 2.65. The molecule has 0 aliphatic carbocycles. The van der Waals surface area contributed by atoms with Crippen molar-refractivity contribution in [3.05, 3.63) is 49.4 Å². The summed E-state index contributed by atoms with van der Waals surface area (Å²) < 4.78 is 0. The van der Waals surface area contributed by atoms with Gasteiger partial charge in [0.2, 0.25) is 0 Å². The average molecular weight is 222 g/mol. The number of hydrogen-bond acceptors (Lipinski definition) is 4. The predicted molar refractivity (Wildman–Crippen MR) is 57.0 cm³/mol. The van der Waals surface area contributed by atoms with Crippen LogP contribution in [0.4, 0.5) is 5.69 Å². The summed E-state index contributed by atoms with van der Waals surface area (Å²) in [5.74, 6) is 0. The first-order valence-electron chi connectivity index (χ1n) is 4.09. The van der Waals surface area contributed by atoms with Crippen molar-refractivity contribution in [1.29, 1.82) is 0 Å². The van der Waals surface area contributed by atoms with E-state index in [1.54, 1.807) is 17.5 Å². The van der Waals surface area contributed by atoms with Gasteiger partial charge in [-0.15, -0.1) is 0 Å². The molecule has 0 atom stereocenters. The smallest absolute Gasteiger partial charge is 0.304 e. The van der Waals surface area contributed by atoms with Crippen molar-refractivity contribution in [2.24, 2.45) is 0 Å². The minimum atomic E-state index is -0.464. The second kappa shape index (κ2) is 3.66. The number of non-ortho nitro benzene ring substituents is 1. The van der Waals surface area contributed by atoms with E-state index in [9.17, 15) is 14.9 Å². The Morgan fingerprint density at radius 2 is 2.20 bits per heavy atom. The lowest BCUT2D eigenvalue weighted by Gasteiger charge is -1.96. The molecule has 0 aliphatic heterocycles. The number of aromatic nitrogens is 1. The zero-order valence-electron chi connectivity index (χ0n) is 7.47. The maximum absolute atomic E-state index is 10.9. The minimum absolute atomic E-state index is 0.0135. The van der Waals surface area contributed by atoms with Crippen LogP contribution in [0, 0.1) is 10.1 Å². The van der Waals surface area contributed by atoms with Crippen molar-refractivity contribution in [2.75, 3.05) is 0 Å². The van der Waals surface area contributed by atoms with E-state index in [-0.39, 0.29) is 10.6 Å². The van der Waals surface area contributed by atoms with Crippen LogP contribution in [-0.2, 0) is 0 Å². The third kappa shape index (κ3) is 1.94. The van der Waals surface area contributed by atoms with Gasteiger partial charge in [0, 0.05) is 23.1 Å². The number of aromatic amines is 1. The molecule has 0 radical (unpaired) electrons. The third-order valence-corrected chi connectivity index (χ3v) is 2.56. The molecule has 15 heavy (non-hydrogen) atoms. The molecule has 1 N–H and O–H groups in total. The van der Waals surface area contributed by atoms with E-state index in [4.69, 9.17) is 0 Å². The highest BCUT2D eigenvalue weighted by Crippen LogP contribution is 2.21. The Hall–Kier alpha value is -1.95. The summed E-state index contributed by atoms with van der Waals surface area (Å²) in [5.41, 5.74) is 1.26. The molecular formula is C9H6N2O3S. The number of nitro benzene ring substituents is 1. The van der Waals surface area contributed by atoms with Crippen molar-refractivity contribution < 1.29 is 4.92 Å². The molecule has 0 unspecified atom stereocenters. The van der Waals surface area contributed by atoms with Gasteiger partial charge in [0.15, 0.2) is 0 Å². The number of nitrogens with one attached hydrogen (secondary N) is 1. The molecule has 1 aromatic heterocycles. The van der Waals surface area contributed by atoms with Crippen molar-refractivity contribution in [3.63, 3.8) is 0 Å². The van der Waals surface area contributed by atoms with Gasteiger partial charge in [-0.25, -0.2) is 0 Å². The van der Waals surface area contributed by atoms with Gasteiger partial charge in [-0.05, 0) is 0 Å². The van der Waals surface area contributed by atoms with Gasteiger partial charge in [-0.2, -0.15) is 0 Å². The van der Waals surface area contributed by atoms with E-state index < -0.39 is 4.92 Å². The highest BCUT2D eigenvalue weighted by molar-refractivity contribution is 7.07. The first-order valence-corrected chi connectivity index (χ1v) is 4.97. The molecule has 0 saturated heterocycles. The normalized spacial score (nSPS) is 10.1. The molecule has 0 fully saturated rings. The summed E-state index contributed by atoms with van der Waals surface area (Å²) in [6.45, 7) is 0. The Morgan fingerprint density at radius 3 is 2.80 bits per heavy atom. The molecule has 1 aromatic carbocycles. The van der Waals surface area contributed by atoms with Crippen LogP contribution in [0.25, 0.3) is 11.3 Å². The van der Waals surface area contributed by atoms with Gasteiger partial charge in [0.05, 0.1) is 10.6 Å². The lowest BCUT2D eigenvalue weighted by atomic mass is 10.1. The van der Waals surface area contributed by atoms with Crippen molar-refractivity contribution in [1.82, 2.24) is 4.98 Å². The van der Waals surface area contributed by atoms with Crippen LogP contribution in [0.15, 0.2) is 34.4 Å². The van der Waals surface area contributed by atoms with Gasteiger partial charge < -0.3 is 4.98 Å². The van der Waals surface area contributed by atoms with E-state index >= 15 is 0 Å². The van der Waals surface area contributed by atoms with Crippen molar-refractivity contribution in [3.8, 4) is 11.3 Å². The van der Waals surface area contributed by atoms with Crippen molar-refractivity contribution >= 4 is 17.0 Å². The Kier molecular flexibility index (Phi) is 2.34. The second-order valence-corrected chi connectivity index (χ2v) is 3.71. The number of rotatable bonds is 2. The summed E-state index contributed by atoms with van der Waals surface area (Å²) in [6, 6.07) is 6.14. The fraction of sp³-hybridized carbons (Fsp3) is 0. The Balaban J connectivity index is 2.49. The summed E-state index contributed by atoms with van der Waals surface area (Å²) >= 11 is 1.03. The Morgan fingerprint density at radius 1 is 1.40 bits per heavy atom. The maximum Gasteiger partial charge on any atom is 0.304 e. The predicted octanol–water partition coefficient (Wildman–Crippen LogP) is 2.01. The maximum atomic E-state index is 10.9. The fourth-order valence-corrected chi connectivity index (χ4v) is 1.80. The molecule has 6 heteroatoms. The summed E-state index contributed by atoms with van der Waals surface area (Å²) in [6.07, 6.45) is 0. The molecule has 0 amide bonds. The molecule has 0 spiro atoms. The number of benzene rings is 1. The molecule has 2 aromatic rings. The summed E-state index contributed by atoms with van der Waals surface area (Å²) in [4.78, 5) is 23.4. The van der Waals surface area contributed by atoms with Gasteiger partial charge >= 0.3 is 4.87 Å². The quantitative estimate of drug-likeness (QED) is 0.623. The van der Waals surface area contributed by atoms with Crippen molar-refractivity contribution in [2.45, 2.75) is 0 Å². The van der Waals surface area contributed by atoms with Gasteiger partial charge in [0.25, 0.3) is 5.69 Å². The summed E-state index contributed by atoms with van der Waals surface area (Å²) in [5, 5.41) is 12.2. The molecule has 0 bridgehead atoms. The monoisotopic (exact) mass is 222 g/mol. The van der Waals surface area contributed by atoms with Crippen LogP contribution < -0.4 is 4.87 Å². The van der Waals surface area contributed by atoms with Crippen LogP contribution in [-0.4, -0.2) is 9.91 Å². The van der Waals surface area contributed by atoms with E-state index in [1.165, 1.54) is 12.1 Å². The van der Waals surface area contributed by atoms with Gasteiger partial charge in [-0.1, -0.05) is 23.5 Å². The van der Waals surface area contributed by atoms with Gasteiger partial charge in [-0.3, -0.25) is 14.9 Å². The highest BCUT2D eigenvalue weighted by Gasteiger charge is 2.07. The number of thiazole rings is 1. The zero-order chi connectivity index (χ0) is 10.8. The van der Waals surface area contributed by atoms with Crippen LogP contribution >= 0.6 is 11.3 Å². The molecule has 0 aliphatic rings. The number of nitrogens with zero attached hydrogens (tertiary/aromatic N) is 1. The standard InChI is InChI=1S/C9H6N2O3S/c12-9-10-8(5-15-9)6-2-1-3-7(4-6)11(13)14/h1-5H,(H,10,12). The van der Waals surface area contributed by atoms with Crippen LogP contribution in [0.2, 0.25) is 0 Å². The van der Waals surface area contributed by atoms with E-state index in [0.29, 0.717) is 11.3 Å². The topological polar surface area (TPSA) is 76.0 Å². The second-order valence-electron chi connectivity index (χ2n) is 2.87. The summed E-state index contributed by atoms with van der Waals surface area (Å²) in [7, 11) is 0. The minimum Gasteiger partial charge on any atom is -0.312 e. The number of hydrogen-bond donors (Lipinski definition) is 1. The number of H-pyrrole nitrogens is 1. The van der Waals surface area contributed by atoms with E-state index in [0.717, 1.165) is 11.3 Å². The lowest BCUT2D eigenvalue weighted by molar-refractivity contribution is -0.384. The van der Waals surface area contributed by atoms with Crippen LogP contribution in [0.5, 0.6) is 0 Å². The molecule has 5 nitrogen and oxygen atoms in total. The van der Waals surface area contributed by atoms with E-state index in [1.807, 2.05) is 0 Å². The molecule has 0 saturated carbocycles. The molecule has 76 valence electrons. The largest absolute Gasteiger partial charge is 0.312 e. The Bertz CT molecular complexity index is 558. The first-order chi connectivity index (χ1) is 7.16. The van der Waals surface area contributed by atoms with Crippen LogP contribution in [0.1, 0.15) is 0 Å². The third-order valence-electron chi connectivity index (χ3n) is 1.89. The molecule has 2 rings (SSSR count). The number of nitro groups is 1.